The summed E-state index contributed by atoms with van der Waals surface area (Å²) in [5.74, 6) is 1.08. The van der Waals surface area contributed by atoms with Gasteiger partial charge in [0.25, 0.3) is 0 Å². The molecule has 0 aliphatic heterocycles. The Morgan fingerprint density at radius 2 is 2.19 bits per heavy atom. The van der Waals surface area contributed by atoms with Crippen molar-refractivity contribution in [3.8, 4) is 0 Å². The molecule has 0 saturated heterocycles. The average molecular weight is 244 g/mol. The number of imidazole rings is 1. The molecule has 0 amide bonds. The van der Waals surface area contributed by atoms with Gasteiger partial charge in [-0.1, -0.05) is 0 Å². The summed E-state index contributed by atoms with van der Waals surface area (Å²) in [4.78, 5) is 15.0. The van der Waals surface area contributed by atoms with E-state index in [0.29, 0.717) is 12.4 Å². The van der Waals surface area contributed by atoms with Crippen LogP contribution in [0.5, 0.6) is 0 Å². The van der Waals surface area contributed by atoms with Crippen molar-refractivity contribution in [3.63, 3.8) is 0 Å². The number of carbonyl (C=O) groups excluding carboxylic acids is 1. The van der Waals surface area contributed by atoms with Gasteiger partial charge >= 0.3 is 0 Å². The zero-order valence-corrected chi connectivity index (χ0v) is 11.2. The first kappa shape index (κ1) is 13.3. The van der Waals surface area contributed by atoms with E-state index in [1.807, 2.05) is 0 Å². The van der Waals surface area contributed by atoms with Crippen molar-refractivity contribution in [2.45, 2.75) is 13.7 Å². The van der Waals surface area contributed by atoms with E-state index < -0.39 is 10.0 Å². The molecule has 0 bridgehead atoms. The monoisotopic (exact) mass is 244 g/mol. The maximum atomic E-state index is 11.0. The highest BCUT2D eigenvalue weighted by molar-refractivity contribution is 8.32. The van der Waals surface area contributed by atoms with Crippen LogP contribution in [0.4, 0.5) is 0 Å². The summed E-state index contributed by atoms with van der Waals surface area (Å²) in [7, 11) is -0.491. The number of hydrogen-bond donors (Lipinski definition) is 0. The van der Waals surface area contributed by atoms with Crippen LogP contribution in [-0.2, 0) is 11.5 Å². The minimum absolute atomic E-state index is 0.0158. The molecule has 1 aromatic rings. The van der Waals surface area contributed by atoms with Crippen LogP contribution in [-0.4, -0.2) is 46.5 Å². The lowest BCUT2D eigenvalue weighted by molar-refractivity contribution is 0.0894. The molecule has 0 radical (unpaired) electrons. The predicted molar refractivity (Wildman–Crippen MR) is 68.4 cm³/mol. The van der Waals surface area contributed by atoms with Gasteiger partial charge in [0.05, 0.1) is 12.9 Å². The summed E-state index contributed by atoms with van der Waals surface area (Å²) in [5.41, 5.74) is 0.491. The Morgan fingerprint density at radius 1 is 1.50 bits per heavy atom. The highest BCUT2D eigenvalue weighted by Gasteiger charge is 2.05. The van der Waals surface area contributed by atoms with Gasteiger partial charge < -0.3 is 9.30 Å². The maximum Gasteiger partial charge on any atom is 0.179 e. The third-order valence-electron chi connectivity index (χ3n) is 2.07. The van der Waals surface area contributed by atoms with Gasteiger partial charge in [-0.15, -0.1) is 0 Å². The highest BCUT2D eigenvalue weighted by atomic mass is 32.3. The maximum absolute atomic E-state index is 11.0. The summed E-state index contributed by atoms with van der Waals surface area (Å²) >= 11 is 0. The van der Waals surface area contributed by atoms with Gasteiger partial charge in [-0.25, -0.2) is 15.0 Å². The van der Waals surface area contributed by atoms with Crippen LogP contribution in [0.3, 0.4) is 0 Å². The van der Waals surface area contributed by atoms with E-state index in [4.69, 9.17) is 4.74 Å². The molecule has 1 heterocycles. The van der Waals surface area contributed by atoms with E-state index in [-0.39, 0.29) is 5.78 Å². The van der Waals surface area contributed by atoms with Crippen LogP contribution in [0.25, 0.3) is 0 Å². The number of ketones is 1. The Hall–Kier alpha value is -0.810. The van der Waals surface area contributed by atoms with Crippen molar-refractivity contribution in [1.82, 2.24) is 9.55 Å². The molecular formula is C11H20N2O2S. The summed E-state index contributed by atoms with van der Waals surface area (Å²) < 4.78 is 7.31. The fraction of sp³-hybridized carbons (Fsp3) is 0.636. The molecule has 1 rings (SSSR count). The standard InChI is InChI=1S/C11H20N2O2S/c1-10(14)11-7-13(8-12-11)9-15-5-6-16(2,3)4/h7-8H,5-6,9H2,1-4H3. The largest absolute Gasteiger partial charge is 0.360 e. The molecule has 0 N–H and O–H groups in total. The molecule has 16 heavy (non-hydrogen) atoms. The van der Waals surface area contributed by atoms with Crippen LogP contribution in [0, 0.1) is 0 Å². The number of carbonyl (C=O) groups is 1. The Morgan fingerprint density at radius 3 is 2.69 bits per heavy atom. The molecule has 0 aromatic carbocycles. The smallest absolute Gasteiger partial charge is 0.179 e. The molecule has 0 fully saturated rings. The van der Waals surface area contributed by atoms with Crippen LogP contribution in [0.15, 0.2) is 12.5 Å². The number of Topliss-reactive ketones (excluding diaryl/α,β-unsaturated/α-hetero) is 1. The van der Waals surface area contributed by atoms with Gasteiger partial charge in [-0.3, -0.25) is 4.79 Å². The Bertz CT molecular complexity index is 355. The van der Waals surface area contributed by atoms with E-state index in [1.54, 1.807) is 17.1 Å². The highest BCUT2D eigenvalue weighted by Crippen LogP contribution is 2.33. The van der Waals surface area contributed by atoms with E-state index >= 15 is 0 Å². The molecule has 0 spiro atoms. The van der Waals surface area contributed by atoms with Crippen molar-refractivity contribution >= 4 is 15.8 Å². The molecule has 0 unspecified atom stereocenters. The molecule has 1 aromatic heterocycles. The first-order chi connectivity index (χ1) is 7.38. The fourth-order valence-electron chi connectivity index (χ4n) is 1.09. The topological polar surface area (TPSA) is 44.1 Å². The van der Waals surface area contributed by atoms with Gasteiger partial charge in [0.1, 0.15) is 12.4 Å². The third-order valence-corrected chi connectivity index (χ3v) is 3.47. The number of aromatic nitrogens is 2. The second kappa shape index (κ2) is 5.50. The van der Waals surface area contributed by atoms with Gasteiger partial charge in [-0.2, -0.15) is 0 Å². The van der Waals surface area contributed by atoms with E-state index in [1.165, 1.54) is 6.92 Å². The number of nitrogens with zero attached hydrogens (tertiary/aromatic N) is 2. The lowest BCUT2D eigenvalue weighted by atomic mass is 10.3. The fourth-order valence-corrected chi connectivity index (χ4v) is 1.71. The van der Waals surface area contributed by atoms with Crippen molar-refractivity contribution < 1.29 is 9.53 Å². The van der Waals surface area contributed by atoms with E-state index in [9.17, 15) is 4.79 Å². The quantitative estimate of drug-likeness (QED) is 0.565. The van der Waals surface area contributed by atoms with Gasteiger partial charge in [0.2, 0.25) is 0 Å². The van der Waals surface area contributed by atoms with Crippen LogP contribution < -0.4 is 0 Å². The zero-order chi connectivity index (χ0) is 12.2. The predicted octanol–water partition coefficient (Wildman–Crippen LogP) is 1.75. The minimum Gasteiger partial charge on any atom is -0.360 e. The summed E-state index contributed by atoms with van der Waals surface area (Å²) in [6.07, 6.45) is 10.1. The summed E-state index contributed by atoms with van der Waals surface area (Å²) in [6.45, 7) is 2.73. The van der Waals surface area contributed by atoms with Crippen molar-refractivity contribution in [2.75, 3.05) is 31.1 Å². The minimum atomic E-state index is -0.491. The Kier molecular flexibility index (Phi) is 4.56. The molecule has 5 heteroatoms. The Balaban J connectivity index is 2.30. The molecule has 0 aliphatic carbocycles. The molecule has 0 aliphatic rings. The lowest BCUT2D eigenvalue weighted by Crippen LogP contribution is -2.09. The SMILES string of the molecule is CC(=O)c1cn(COCCS(C)(C)C)cn1. The Labute approximate surface area is 98.3 Å². The lowest BCUT2D eigenvalue weighted by Gasteiger charge is -2.24. The zero-order valence-electron chi connectivity index (χ0n) is 10.4. The first-order valence-corrected chi connectivity index (χ1v) is 8.17. The molecule has 4 nitrogen and oxygen atoms in total. The molecule has 0 atom stereocenters. The van der Waals surface area contributed by atoms with Crippen molar-refractivity contribution in [3.05, 3.63) is 18.2 Å². The van der Waals surface area contributed by atoms with Crippen molar-refractivity contribution in [2.24, 2.45) is 0 Å². The second-order valence-corrected chi connectivity index (χ2v) is 9.25. The number of ether oxygens (including phenoxy) is 1. The van der Waals surface area contributed by atoms with E-state index in [2.05, 4.69) is 23.8 Å². The van der Waals surface area contributed by atoms with Crippen LogP contribution >= 0.6 is 10.0 Å². The normalized spacial score (nSPS) is 12.8. The molecule has 92 valence electrons. The third kappa shape index (κ3) is 4.81. The van der Waals surface area contributed by atoms with Gasteiger partial charge in [0, 0.05) is 18.9 Å². The summed E-state index contributed by atoms with van der Waals surface area (Å²) in [6, 6.07) is 0. The number of rotatable bonds is 6. The average Bonchev–Trinajstić information content (AvgIpc) is 2.59. The first-order valence-electron chi connectivity index (χ1n) is 5.15. The van der Waals surface area contributed by atoms with Crippen LogP contribution in [0.2, 0.25) is 0 Å². The van der Waals surface area contributed by atoms with Crippen LogP contribution in [0.1, 0.15) is 17.4 Å². The van der Waals surface area contributed by atoms with Gasteiger partial charge in [-0.05, 0) is 18.8 Å². The molecule has 0 saturated carbocycles. The molecular weight excluding hydrogens is 224 g/mol. The number of hydrogen-bond acceptors (Lipinski definition) is 3. The van der Waals surface area contributed by atoms with E-state index in [0.717, 1.165) is 12.4 Å². The van der Waals surface area contributed by atoms with Gasteiger partial charge in [0.15, 0.2) is 5.78 Å². The summed E-state index contributed by atoms with van der Waals surface area (Å²) in [5, 5.41) is 0. The second-order valence-electron chi connectivity index (χ2n) is 4.66. The van der Waals surface area contributed by atoms with Crippen molar-refractivity contribution in [1.29, 1.82) is 0 Å².